The monoisotopic (exact) mass is 338 g/mol. The summed E-state index contributed by atoms with van der Waals surface area (Å²) in [6.07, 6.45) is 0.186. The van der Waals surface area contributed by atoms with Crippen LogP contribution < -0.4 is 15.4 Å². The molecule has 118 valence electrons. The van der Waals surface area contributed by atoms with E-state index in [1.54, 1.807) is 6.07 Å². The fourth-order valence-electron chi connectivity index (χ4n) is 1.97. The Hall–Kier alpha value is -1.58. The molecule has 22 heavy (non-hydrogen) atoms. The van der Waals surface area contributed by atoms with E-state index in [9.17, 15) is 0 Å². The van der Waals surface area contributed by atoms with E-state index in [0.717, 1.165) is 30.2 Å². The first-order valence-corrected chi connectivity index (χ1v) is 8.00. The van der Waals surface area contributed by atoms with Gasteiger partial charge in [0.25, 0.3) is 0 Å². The van der Waals surface area contributed by atoms with E-state index in [0.29, 0.717) is 10.0 Å². The molecule has 0 heterocycles. The maximum Gasteiger partial charge on any atom is 0.119 e. The van der Waals surface area contributed by atoms with Gasteiger partial charge in [0.05, 0.1) is 21.8 Å². The number of benzene rings is 2. The average Bonchev–Trinajstić information content (AvgIpc) is 2.49. The third kappa shape index (κ3) is 5.00. The Morgan fingerprint density at radius 2 is 1.64 bits per heavy atom. The molecule has 0 radical (unpaired) electrons. The zero-order valence-corrected chi connectivity index (χ0v) is 14.2. The van der Waals surface area contributed by atoms with Crippen LogP contribution in [0.1, 0.15) is 13.8 Å². The molecule has 2 rings (SSSR count). The SMILES string of the molecule is CC(C)Oc1ccc(NCCNc2cccc(Cl)c2Cl)cc1. The topological polar surface area (TPSA) is 33.3 Å². The molecule has 0 atom stereocenters. The Balaban J connectivity index is 1.78. The molecule has 2 N–H and O–H groups in total. The highest BCUT2D eigenvalue weighted by atomic mass is 35.5. The summed E-state index contributed by atoms with van der Waals surface area (Å²) in [4.78, 5) is 0. The van der Waals surface area contributed by atoms with Gasteiger partial charge in [-0.1, -0.05) is 29.3 Å². The second-order valence-corrected chi connectivity index (χ2v) is 5.93. The largest absolute Gasteiger partial charge is 0.491 e. The summed E-state index contributed by atoms with van der Waals surface area (Å²) < 4.78 is 5.61. The second-order valence-electron chi connectivity index (χ2n) is 5.15. The van der Waals surface area contributed by atoms with Gasteiger partial charge in [0.1, 0.15) is 5.75 Å². The third-order valence-electron chi connectivity index (χ3n) is 2.95. The number of rotatable bonds is 7. The summed E-state index contributed by atoms with van der Waals surface area (Å²) in [5, 5.41) is 7.70. The van der Waals surface area contributed by atoms with E-state index in [1.165, 1.54) is 0 Å². The van der Waals surface area contributed by atoms with Crippen LogP contribution in [0.3, 0.4) is 0 Å². The van der Waals surface area contributed by atoms with Gasteiger partial charge in [-0.15, -0.1) is 0 Å². The third-order valence-corrected chi connectivity index (χ3v) is 3.77. The first kappa shape index (κ1) is 16.8. The molecule has 0 unspecified atom stereocenters. The summed E-state index contributed by atoms with van der Waals surface area (Å²) in [7, 11) is 0. The number of hydrogen-bond acceptors (Lipinski definition) is 3. The Labute approximate surface area is 141 Å². The maximum absolute atomic E-state index is 6.12. The molecule has 0 aromatic heterocycles. The van der Waals surface area contributed by atoms with Gasteiger partial charge in [0, 0.05) is 18.8 Å². The summed E-state index contributed by atoms with van der Waals surface area (Å²) >= 11 is 12.1. The standard InChI is InChI=1S/C17H20Cl2N2O/c1-12(2)22-14-8-6-13(7-9-14)20-10-11-21-16-5-3-4-15(18)17(16)19/h3-9,12,20-21H,10-11H2,1-2H3. The minimum Gasteiger partial charge on any atom is -0.491 e. The number of anilines is 2. The van der Waals surface area contributed by atoms with E-state index >= 15 is 0 Å². The highest BCUT2D eigenvalue weighted by molar-refractivity contribution is 6.43. The van der Waals surface area contributed by atoms with Crippen molar-refractivity contribution in [1.82, 2.24) is 0 Å². The van der Waals surface area contributed by atoms with Gasteiger partial charge in [-0.3, -0.25) is 0 Å². The Morgan fingerprint density at radius 1 is 0.955 bits per heavy atom. The van der Waals surface area contributed by atoms with Gasteiger partial charge < -0.3 is 15.4 Å². The highest BCUT2D eigenvalue weighted by Gasteiger charge is 2.03. The molecule has 5 heteroatoms. The van der Waals surface area contributed by atoms with Crippen molar-refractivity contribution in [2.24, 2.45) is 0 Å². The minimum atomic E-state index is 0.186. The quantitative estimate of drug-likeness (QED) is 0.671. The predicted molar refractivity (Wildman–Crippen MR) is 95.6 cm³/mol. The fourth-order valence-corrected chi connectivity index (χ4v) is 2.34. The summed E-state index contributed by atoms with van der Waals surface area (Å²) in [6, 6.07) is 13.5. The van der Waals surface area contributed by atoms with Crippen LogP contribution in [-0.4, -0.2) is 19.2 Å². The molecule has 2 aromatic carbocycles. The molecule has 0 amide bonds. The lowest BCUT2D eigenvalue weighted by atomic mass is 10.3. The smallest absolute Gasteiger partial charge is 0.119 e. The predicted octanol–water partition coefficient (Wildman–Crippen LogP) is 5.30. The Morgan fingerprint density at radius 3 is 2.32 bits per heavy atom. The van der Waals surface area contributed by atoms with Crippen LogP contribution in [0.15, 0.2) is 42.5 Å². The maximum atomic E-state index is 6.12. The Kier molecular flexibility index (Phi) is 6.22. The van der Waals surface area contributed by atoms with Gasteiger partial charge >= 0.3 is 0 Å². The summed E-state index contributed by atoms with van der Waals surface area (Å²) in [6.45, 7) is 5.54. The molecule has 0 saturated carbocycles. The van der Waals surface area contributed by atoms with E-state index in [-0.39, 0.29) is 6.10 Å². The Bertz CT molecular complexity index is 600. The van der Waals surface area contributed by atoms with Crippen molar-refractivity contribution in [2.45, 2.75) is 20.0 Å². The van der Waals surface area contributed by atoms with Crippen molar-refractivity contribution in [2.75, 3.05) is 23.7 Å². The molecule has 0 aliphatic heterocycles. The zero-order valence-electron chi connectivity index (χ0n) is 12.7. The van der Waals surface area contributed by atoms with Gasteiger partial charge in [-0.25, -0.2) is 0 Å². The van der Waals surface area contributed by atoms with Crippen molar-refractivity contribution < 1.29 is 4.74 Å². The number of nitrogens with one attached hydrogen (secondary N) is 2. The van der Waals surface area contributed by atoms with Crippen molar-refractivity contribution in [3.63, 3.8) is 0 Å². The average molecular weight is 339 g/mol. The van der Waals surface area contributed by atoms with Gasteiger partial charge in [0.15, 0.2) is 0 Å². The zero-order chi connectivity index (χ0) is 15.9. The van der Waals surface area contributed by atoms with E-state index in [1.807, 2.05) is 50.2 Å². The number of halogens is 2. The van der Waals surface area contributed by atoms with Crippen LogP contribution in [0.2, 0.25) is 10.0 Å². The van der Waals surface area contributed by atoms with Crippen LogP contribution in [0.25, 0.3) is 0 Å². The number of ether oxygens (including phenoxy) is 1. The fraction of sp³-hybridized carbons (Fsp3) is 0.294. The molecular weight excluding hydrogens is 319 g/mol. The van der Waals surface area contributed by atoms with Gasteiger partial charge in [-0.2, -0.15) is 0 Å². The van der Waals surface area contributed by atoms with Crippen molar-refractivity contribution >= 4 is 34.6 Å². The van der Waals surface area contributed by atoms with Crippen LogP contribution in [0, 0.1) is 0 Å². The number of hydrogen-bond donors (Lipinski definition) is 2. The van der Waals surface area contributed by atoms with Crippen molar-refractivity contribution in [3.05, 3.63) is 52.5 Å². The molecule has 0 aliphatic rings. The molecular formula is C17H20Cl2N2O. The van der Waals surface area contributed by atoms with E-state index < -0.39 is 0 Å². The van der Waals surface area contributed by atoms with Crippen LogP contribution in [-0.2, 0) is 0 Å². The first-order chi connectivity index (χ1) is 10.6. The first-order valence-electron chi connectivity index (χ1n) is 7.24. The lowest BCUT2D eigenvalue weighted by Crippen LogP contribution is -2.13. The molecule has 3 nitrogen and oxygen atoms in total. The molecule has 0 spiro atoms. The normalized spacial score (nSPS) is 10.6. The molecule has 0 fully saturated rings. The van der Waals surface area contributed by atoms with Gasteiger partial charge in [0.2, 0.25) is 0 Å². The van der Waals surface area contributed by atoms with Crippen molar-refractivity contribution in [3.8, 4) is 5.75 Å². The second kappa shape index (κ2) is 8.16. The summed E-state index contributed by atoms with van der Waals surface area (Å²) in [5.74, 6) is 0.879. The van der Waals surface area contributed by atoms with Crippen LogP contribution in [0.4, 0.5) is 11.4 Å². The molecule has 0 aliphatic carbocycles. The van der Waals surface area contributed by atoms with Crippen LogP contribution >= 0.6 is 23.2 Å². The molecule has 0 bridgehead atoms. The lowest BCUT2D eigenvalue weighted by Gasteiger charge is -2.12. The van der Waals surface area contributed by atoms with E-state index in [4.69, 9.17) is 27.9 Å². The molecule has 0 saturated heterocycles. The summed E-state index contributed by atoms with van der Waals surface area (Å²) in [5.41, 5.74) is 1.90. The van der Waals surface area contributed by atoms with Gasteiger partial charge in [-0.05, 0) is 50.2 Å². The van der Waals surface area contributed by atoms with Crippen molar-refractivity contribution in [1.29, 1.82) is 0 Å². The highest BCUT2D eigenvalue weighted by Crippen LogP contribution is 2.29. The van der Waals surface area contributed by atoms with E-state index in [2.05, 4.69) is 10.6 Å². The van der Waals surface area contributed by atoms with Crippen LogP contribution in [0.5, 0.6) is 5.75 Å². The minimum absolute atomic E-state index is 0.186. The lowest BCUT2D eigenvalue weighted by molar-refractivity contribution is 0.242. The molecule has 2 aromatic rings.